The van der Waals surface area contributed by atoms with Gasteiger partial charge in [-0.25, -0.2) is 0 Å². The molecule has 0 radical (unpaired) electrons. The first-order chi connectivity index (χ1) is 3.13. The number of hydrogen-bond donors (Lipinski definition) is 0. The van der Waals surface area contributed by atoms with E-state index in [1.807, 2.05) is 0 Å². The molecule has 1 unspecified atom stereocenters. The molecule has 0 aliphatic rings. The van der Waals surface area contributed by atoms with E-state index in [1.54, 1.807) is 0 Å². The van der Waals surface area contributed by atoms with Gasteiger partial charge in [0, 0.05) is 16.0 Å². The van der Waals surface area contributed by atoms with Crippen LogP contribution in [0.15, 0.2) is 0 Å². The number of rotatable bonds is 2. The quantitative estimate of drug-likeness (QED) is 0.271. The molecule has 1 atom stereocenters. The minimum atomic E-state index is -2.54. The minimum absolute atomic E-state index is 0.914. The summed E-state index contributed by atoms with van der Waals surface area (Å²) in [6.45, 7) is 0. The molecule has 0 amide bonds. The van der Waals surface area contributed by atoms with E-state index in [2.05, 4.69) is 0 Å². The topological polar surface area (TPSA) is 83.3 Å². The Balaban J connectivity index is 3.32. The molecule has 7 heavy (non-hydrogen) atoms. The second-order valence-electron chi connectivity index (χ2n) is 0.766. The van der Waals surface area contributed by atoms with Crippen LogP contribution in [0.4, 0.5) is 0 Å². The van der Waals surface area contributed by atoms with Crippen LogP contribution in [0.2, 0.25) is 0 Å². The van der Waals surface area contributed by atoms with E-state index in [9.17, 15) is 18.9 Å². The second kappa shape index (κ2) is 2.64. The fourth-order valence-corrected chi connectivity index (χ4v) is 0.258. The molecule has 0 aliphatic heterocycles. The van der Waals surface area contributed by atoms with Crippen molar-refractivity contribution in [3.05, 3.63) is 10.1 Å². The van der Waals surface area contributed by atoms with Crippen molar-refractivity contribution in [3.8, 4) is 0 Å². The molecule has 0 aromatic heterocycles. The van der Waals surface area contributed by atoms with Gasteiger partial charge in [-0.3, -0.25) is 14.3 Å². The molecule has 0 aromatic carbocycles. The van der Waals surface area contributed by atoms with Gasteiger partial charge in [-0.2, -0.15) is 0 Å². The maximum absolute atomic E-state index is 9.37. The Bertz CT molecular complexity index is 87.9. The largest absolute Gasteiger partial charge is 0.768 e. The molecule has 0 aliphatic carbocycles. The summed E-state index contributed by atoms with van der Waals surface area (Å²) in [4.78, 5) is 8.31. The summed E-state index contributed by atoms with van der Waals surface area (Å²) < 4.78 is 18.7. The molecule has 5 nitrogen and oxygen atoms in total. The second-order valence-corrected chi connectivity index (χ2v) is 1.63. The summed E-state index contributed by atoms with van der Waals surface area (Å²) in [5.74, 6) is -1.00. The molecular weight excluding hydrogens is 122 g/mol. The summed E-state index contributed by atoms with van der Waals surface area (Å²) in [6, 6.07) is 0. The van der Waals surface area contributed by atoms with Crippen LogP contribution in [-0.4, -0.2) is 19.6 Å². The van der Waals surface area contributed by atoms with Crippen LogP contribution in [0.3, 0.4) is 0 Å². The first-order valence-corrected chi connectivity index (χ1v) is 2.55. The Morgan fingerprint density at radius 1 is 1.71 bits per heavy atom. The highest BCUT2D eigenvalue weighted by Gasteiger charge is 1.90. The van der Waals surface area contributed by atoms with Gasteiger partial charge in [0.05, 0.1) is 0 Å². The Hall–Kier alpha value is -0.490. The lowest BCUT2D eigenvalue weighted by Gasteiger charge is -1.93. The lowest BCUT2D eigenvalue weighted by atomic mass is 11.5. The fourth-order valence-electron chi connectivity index (χ4n) is 0.0861. The van der Waals surface area contributed by atoms with Crippen molar-refractivity contribution >= 4 is 11.1 Å². The van der Waals surface area contributed by atoms with Crippen molar-refractivity contribution in [2.45, 2.75) is 0 Å². The van der Waals surface area contributed by atoms with Gasteiger partial charge in [-0.05, 0) is 0 Å². The third-order valence-corrected chi connectivity index (χ3v) is 0.632. The lowest BCUT2D eigenvalue weighted by Crippen LogP contribution is -2.05. The minimum Gasteiger partial charge on any atom is -0.768 e. The summed E-state index contributed by atoms with van der Waals surface area (Å²) in [5.41, 5.74) is 0. The van der Waals surface area contributed by atoms with E-state index in [0.29, 0.717) is 0 Å². The zero-order chi connectivity index (χ0) is 5.86. The van der Waals surface area contributed by atoms with Crippen LogP contribution in [0.25, 0.3) is 0 Å². The van der Waals surface area contributed by atoms with Crippen molar-refractivity contribution in [1.82, 2.24) is 0 Å². The van der Waals surface area contributed by atoms with Crippen LogP contribution in [-0.2, 0) is 11.1 Å². The molecular formula is CH2NO4S-. The summed E-state index contributed by atoms with van der Waals surface area (Å²) in [7, 11) is 0. The lowest BCUT2D eigenvalue weighted by molar-refractivity contribution is -0.458. The number of nitrogens with zero attached hydrogens (tertiary/aromatic N) is 1. The Kier molecular flexibility index (Phi) is 2.46. The first-order valence-electron chi connectivity index (χ1n) is 1.30. The van der Waals surface area contributed by atoms with Crippen molar-refractivity contribution < 1.29 is 13.7 Å². The van der Waals surface area contributed by atoms with Gasteiger partial charge < -0.3 is 4.55 Å². The van der Waals surface area contributed by atoms with E-state index in [0.717, 1.165) is 0 Å². The molecule has 0 saturated heterocycles. The highest BCUT2D eigenvalue weighted by atomic mass is 32.2. The standard InChI is InChI=1S/CH3NO4S/c3-2(4)1-7(5)6/h1H2,(H,5,6)/p-1. The van der Waals surface area contributed by atoms with Crippen LogP contribution < -0.4 is 0 Å². The molecule has 0 rings (SSSR count). The molecule has 0 heterocycles. The molecule has 0 bridgehead atoms. The molecule has 0 N–H and O–H groups in total. The van der Waals surface area contributed by atoms with Gasteiger partial charge in [0.25, 0.3) is 5.88 Å². The van der Waals surface area contributed by atoms with Crippen molar-refractivity contribution in [1.29, 1.82) is 0 Å². The zero-order valence-corrected chi connectivity index (χ0v) is 4.01. The van der Waals surface area contributed by atoms with E-state index in [1.165, 1.54) is 0 Å². The van der Waals surface area contributed by atoms with Crippen molar-refractivity contribution in [3.63, 3.8) is 0 Å². The van der Waals surface area contributed by atoms with E-state index in [4.69, 9.17) is 0 Å². The highest BCUT2D eigenvalue weighted by Crippen LogP contribution is 1.71. The highest BCUT2D eigenvalue weighted by molar-refractivity contribution is 7.78. The molecule has 0 fully saturated rings. The molecule has 0 spiro atoms. The molecule has 0 aromatic rings. The van der Waals surface area contributed by atoms with E-state index >= 15 is 0 Å². The molecule has 6 heteroatoms. The van der Waals surface area contributed by atoms with E-state index < -0.39 is 21.9 Å². The van der Waals surface area contributed by atoms with Gasteiger partial charge in [0.2, 0.25) is 0 Å². The Labute approximate surface area is 41.8 Å². The van der Waals surface area contributed by atoms with Gasteiger partial charge in [-0.15, -0.1) is 0 Å². The van der Waals surface area contributed by atoms with Crippen LogP contribution in [0.1, 0.15) is 0 Å². The van der Waals surface area contributed by atoms with Crippen LogP contribution >= 0.6 is 0 Å². The van der Waals surface area contributed by atoms with Gasteiger partial charge in [0.1, 0.15) is 0 Å². The zero-order valence-electron chi connectivity index (χ0n) is 3.20. The van der Waals surface area contributed by atoms with Gasteiger partial charge in [-0.1, -0.05) is 0 Å². The SMILES string of the molecule is O=[N+]([O-])CS(=O)[O-]. The van der Waals surface area contributed by atoms with Crippen molar-refractivity contribution in [2.24, 2.45) is 0 Å². The summed E-state index contributed by atoms with van der Waals surface area (Å²) in [5, 5.41) is 9.22. The third-order valence-electron chi connectivity index (χ3n) is 0.211. The predicted octanol–water partition coefficient (Wildman–Crippen LogP) is -0.900. The van der Waals surface area contributed by atoms with Crippen LogP contribution in [0.5, 0.6) is 0 Å². The first kappa shape index (κ1) is 6.51. The van der Waals surface area contributed by atoms with Crippen LogP contribution in [0, 0.1) is 10.1 Å². The normalized spacial score (nSPS) is 13.3. The smallest absolute Gasteiger partial charge is 0.264 e. The summed E-state index contributed by atoms with van der Waals surface area (Å²) in [6.07, 6.45) is 0. The third kappa shape index (κ3) is 5.51. The number of hydrogen-bond acceptors (Lipinski definition) is 4. The van der Waals surface area contributed by atoms with Gasteiger partial charge >= 0.3 is 0 Å². The number of nitro groups is 1. The Morgan fingerprint density at radius 3 is 2.14 bits per heavy atom. The monoisotopic (exact) mass is 124 g/mol. The van der Waals surface area contributed by atoms with Gasteiger partial charge in [0.15, 0.2) is 0 Å². The maximum atomic E-state index is 9.37. The molecule has 42 valence electrons. The average molecular weight is 124 g/mol. The summed E-state index contributed by atoms with van der Waals surface area (Å²) >= 11 is -2.54. The molecule has 0 saturated carbocycles. The predicted molar refractivity (Wildman–Crippen MR) is 20.8 cm³/mol. The van der Waals surface area contributed by atoms with E-state index in [-0.39, 0.29) is 0 Å². The average Bonchev–Trinajstić information content (AvgIpc) is 1.27. The van der Waals surface area contributed by atoms with Crippen molar-refractivity contribution in [2.75, 3.05) is 5.88 Å². The fraction of sp³-hybridized carbons (Fsp3) is 1.00. The Morgan fingerprint density at radius 2 is 2.14 bits per heavy atom. The maximum Gasteiger partial charge on any atom is 0.264 e.